The lowest BCUT2D eigenvalue weighted by atomic mass is 10.1. The average Bonchev–Trinajstić information content (AvgIpc) is 2.73. The Bertz CT molecular complexity index is 557. The number of nitrogens with two attached hydrogens (primary N) is 1. The molecule has 0 saturated carbocycles. The van der Waals surface area contributed by atoms with Crippen LogP contribution in [0.1, 0.15) is 6.23 Å². The fourth-order valence-electron chi connectivity index (χ4n) is 1.87. The molecule has 0 bridgehead atoms. The average molecular weight is 237 g/mol. The molecular weight excluding hydrogens is 226 g/mol. The second kappa shape index (κ2) is 3.62. The van der Waals surface area contributed by atoms with E-state index in [1.54, 1.807) is 4.57 Å². The summed E-state index contributed by atoms with van der Waals surface area (Å²) in [6.07, 6.45) is 0.874. The van der Waals surface area contributed by atoms with Gasteiger partial charge in [0.25, 0.3) is 0 Å². The lowest BCUT2D eigenvalue weighted by molar-refractivity contribution is -0.264. The number of fused-ring (bicyclic) bond motifs is 1. The Hall–Kier alpha value is -1.77. The van der Waals surface area contributed by atoms with E-state index in [2.05, 4.69) is 15.0 Å². The highest BCUT2D eigenvalue weighted by molar-refractivity contribution is 5.81. The summed E-state index contributed by atoms with van der Waals surface area (Å²) in [4.78, 5) is 11.9. The molecule has 1 saturated heterocycles. The Labute approximate surface area is 95.7 Å². The molecule has 8 heteroatoms. The van der Waals surface area contributed by atoms with E-state index < -0.39 is 18.4 Å². The smallest absolute Gasteiger partial charge is 0.167 e. The third kappa shape index (κ3) is 1.38. The highest BCUT2D eigenvalue weighted by Crippen LogP contribution is 2.32. The highest BCUT2D eigenvalue weighted by atomic mass is 16.6. The lowest BCUT2D eigenvalue weighted by Gasteiger charge is -2.40. The minimum absolute atomic E-state index is 0.221. The van der Waals surface area contributed by atoms with Crippen LogP contribution in [0.2, 0.25) is 0 Å². The van der Waals surface area contributed by atoms with Gasteiger partial charge in [0, 0.05) is 0 Å². The number of imidazole rings is 1. The molecule has 1 aliphatic rings. The summed E-state index contributed by atoms with van der Waals surface area (Å²) in [5.74, 6) is 0.279. The van der Waals surface area contributed by atoms with Crippen molar-refractivity contribution in [1.82, 2.24) is 19.5 Å². The molecule has 8 nitrogen and oxygen atoms in total. The topological polar surface area (TPSA) is 119 Å². The number of hydrogen-bond donors (Lipinski definition) is 3. The van der Waals surface area contributed by atoms with Crippen LogP contribution in [-0.4, -0.2) is 48.5 Å². The van der Waals surface area contributed by atoms with Gasteiger partial charge < -0.3 is 20.7 Å². The monoisotopic (exact) mass is 237 g/mol. The zero-order valence-electron chi connectivity index (χ0n) is 8.76. The summed E-state index contributed by atoms with van der Waals surface area (Å²) in [5, 5.41) is 18.6. The molecule has 3 heterocycles. The molecule has 0 radical (unpaired) electrons. The van der Waals surface area contributed by atoms with Gasteiger partial charge in [-0.3, -0.25) is 4.57 Å². The molecule has 2 aromatic heterocycles. The van der Waals surface area contributed by atoms with Crippen molar-refractivity contribution < 1.29 is 14.9 Å². The minimum atomic E-state index is -0.784. The van der Waals surface area contributed by atoms with Crippen LogP contribution < -0.4 is 5.73 Å². The van der Waals surface area contributed by atoms with Crippen LogP contribution in [-0.2, 0) is 4.74 Å². The summed E-state index contributed by atoms with van der Waals surface area (Å²) in [5.41, 5.74) is 6.61. The maximum Gasteiger partial charge on any atom is 0.167 e. The van der Waals surface area contributed by atoms with Crippen LogP contribution in [0.5, 0.6) is 0 Å². The van der Waals surface area contributed by atoms with Crippen molar-refractivity contribution in [2.75, 3.05) is 12.3 Å². The molecule has 3 atom stereocenters. The van der Waals surface area contributed by atoms with Crippen LogP contribution in [0.15, 0.2) is 12.7 Å². The molecule has 0 aromatic carbocycles. The van der Waals surface area contributed by atoms with E-state index in [9.17, 15) is 5.11 Å². The maximum absolute atomic E-state index is 9.76. The second-order valence-corrected chi connectivity index (χ2v) is 3.82. The maximum atomic E-state index is 9.76. The third-order valence-electron chi connectivity index (χ3n) is 2.83. The fourth-order valence-corrected chi connectivity index (χ4v) is 1.87. The van der Waals surface area contributed by atoms with Gasteiger partial charge in [0.1, 0.15) is 24.1 Å². The van der Waals surface area contributed by atoms with Crippen molar-refractivity contribution in [3.05, 3.63) is 12.7 Å². The van der Waals surface area contributed by atoms with Crippen molar-refractivity contribution in [2.24, 2.45) is 0 Å². The van der Waals surface area contributed by atoms with E-state index in [4.69, 9.17) is 15.6 Å². The first-order valence-corrected chi connectivity index (χ1v) is 5.09. The zero-order valence-corrected chi connectivity index (χ0v) is 8.76. The van der Waals surface area contributed by atoms with E-state index in [0.717, 1.165) is 0 Å². The molecule has 0 unspecified atom stereocenters. The number of aliphatic hydroxyl groups excluding tert-OH is 2. The van der Waals surface area contributed by atoms with Gasteiger partial charge in [-0.15, -0.1) is 0 Å². The van der Waals surface area contributed by atoms with Gasteiger partial charge in [0.2, 0.25) is 0 Å². The van der Waals surface area contributed by atoms with Crippen LogP contribution in [0, 0.1) is 0 Å². The number of nitrogens with zero attached hydrogens (tertiary/aromatic N) is 4. The van der Waals surface area contributed by atoms with Crippen LogP contribution in [0.3, 0.4) is 0 Å². The van der Waals surface area contributed by atoms with Gasteiger partial charge in [-0.25, -0.2) is 15.0 Å². The van der Waals surface area contributed by atoms with Gasteiger partial charge in [-0.1, -0.05) is 0 Å². The van der Waals surface area contributed by atoms with Crippen molar-refractivity contribution >= 4 is 17.0 Å². The van der Waals surface area contributed by atoms with Gasteiger partial charge in [0.05, 0.1) is 12.9 Å². The number of rotatable bonds is 2. The molecule has 0 aliphatic carbocycles. The van der Waals surface area contributed by atoms with Crippen molar-refractivity contribution in [2.45, 2.75) is 18.4 Å². The van der Waals surface area contributed by atoms with E-state index in [-0.39, 0.29) is 12.4 Å². The van der Waals surface area contributed by atoms with E-state index in [1.165, 1.54) is 12.7 Å². The molecule has 0 amide bonds. The Morgan fingerprint density at radius 1 is 1.41 bits per heavy atom. The summed E-state index contributed by atoms with van der Waals surface area (Å²) in [6.45, 7) is -0.221. The largest absolute Gasteiger partial charge is 0.394 e. The highest BCUT2D eigenvalue weighted by Gasteiger charge is 2.42. The predicted molar refractivity (Wildman–Crippen MR) is 56.7 cm³/mol. The van der Waals surface area contributed by atoms with Crippen molar-refractivity contribution in [3.63, 3.8) is 0 Å². The molecule has 3 rings (SSSR count). The van der Waals surface area contributed by atoms with Crippen molar-refractivity contribution in [1.29, 1.82) is 0 Å². The number of hydrogen-bond acceptors (Lipinski definition) is 7. The number of anilines is 1. The molecular formula is C9H11N5O3. The van der Waals surface area contributed by atoms with Gasteiger partial charge in [-0.2, -0.15) is 0 Å². The fraction of sp³-hybridized carbons (Fsp3) is 0.444. The van der Waals surface area contributed by atoms with Gasteiger partial charge in [-0.05, 0) is 0 Å². The Morgan fingerprint density at radius 3 is 2.94 bits per heavy atom. The standard InChI is InChI=1S/C9H11N5O3/c10-7-5-8(12-2-11-7)14(3-13-5)9-6(16)4(1-15)17-9/h2-4,6,9,15-16H,1H2,(H2,10,11,12)/t4-,6-,9+/m0/s1. The van der Waals surface area contributed by atoms with E-state index in [0.29, 0.717) is 11.2 Å². The minimum Gasteiger partial charge on any atom is -0.394 e. The molecule has 1 aliphatic heterocycles. The molecule has 90 valence electrons. The van der Waals surface area contributed by atoms with E-state index >= 15 is 0 Å². The summed E-state index contributed by atoms with van der Waals surface area (Å²) in [6, 6.07) is 0. The first kappa shape index (κ1) is 10.4. The van der Waals surface area contributed by atoms with Crippen LogP contribution >= 0.6 is 0 Å². The zero-order chi connectivity index (χ0) is 12.0. The quantitative estimate of drug-likeness (QED) is 0.591. The number of aromatic nitrogens is 4. The number of nitrogen functional groups attached to an aromatic ring is 1. The third-order valence-corrected chi connectivity index (χ3v) is 2.83. The second-order valence-electron chi connectivity index (χ2n) is 3.82. The Kier molecular flexibility index (Phi) is 2.21. The first-order chi connectivity index (χ1) is 8.22. The number of aliphatic hydroxyl groups is 2. The van der Waals surface area contributed by atoms with Gasteiger partial charge >= 0.3 is 0 Å². The Morgan fingerprint density at radius 2 is 2.24 bits per heavy atom. The van der Waals surface area contributed by atoms with Gasteiger partial charge in [0.15, 0.2) is 17.7 Å². The summed E-state index contributed by atoms with van der Waals surface area (Å²) in [7, 11) is 0. The lowest BCUT2D eigenvalue weighted by Crippen LogP contribution is -2.52. The van der Waals surface area contributed by atoms with Crippen molar-refractivity contribution in [3.8, 4) is 0 Å². The molecule has 2 aromatic rings. The molecule has 1 fully saturated rings. The van der Waals surface area contributed by atoms with E-state index in [1.807, 2.05) is 0 Å². The predicted octanol–water partition coefficient (Wildman–Crippen LogP) is -1.34. The number of ether oxygens (including phenoxy) is 1. The summed E-state index contributed by atoms with van der Waals surface area (Å²) < 4.78 is 6.89. The molecule has 17 heavy (non-hydrogen) atoms. The molecule has 0 spiro atoms. The van der Waals surface area contributed by atoms with Crippen LogP contribution in [0.4, 0.5) is 5.82 Å². The summed E-state index contributed by atoms with van der Waals surface area (Å²) >= 11 is 0. The Balaban J connectivity index is 2.00. The molecule has 4 N–H and O–H groups in total. The normalized spacial score (nSPS) is 28.2. The SMILES string of the molecule is Nc1ncnc2c1ncn2[C@@H]1O[C@@H](CO)[C@@H]1O. The van der Waals surface area contributed by atoms with Crippen LogP contribution in [0.25, 0.3) is 11.2 Å². The first-order valence-electron chi connectivity index (χ1n) is 5.09.